The Hall–Kier alpha value is -3.84. The summed E-state index contributed by atoms with van der Waals surface area (Å²) in [6, 6.07) is 7.89. The number of terminal acetylenes is 1. The van der Waals surface area contributed by atoms with Crippen molar-refractivity contribution in [3.05, 3.63) is 48.2 Å². The van der Waals surface area contributed by atoms with E-state index in [1.165, 1.54) is 6.20 Å². The molecule has 2 aromatic heterocycles. The average molecular weight is 415 g/mol. The third-order valence-corrected chi connectivity index (χ3v) is 5.37. The number of pyridine rings is 2. The van der Waals surface area contributed by atoms with E-state index in [-0.39, 0.29) is 11.5 Å². The summed E-state index contributed by atoms with van der Waals surface area (Å²) < 4.78 is 5.57. The number of likely N-dealkylation sites (tertiary alicyclic amines) is 1. The van der Waals surface area contributed by atoms with Crippen LogP contribution < -0.4 is 10.5 Å². The molecule has 3 heterocycles. The maximum atomic E-state index is 11.6. The van der Waals surface area contributed by atoms with Gasteiger partial charge in [0.15, 0.2) is 0 Å². The van der Waals surface area contributed by atoms with Gasteiger partial charge in [-0.1, -0.05) is 6.07 Å². The second kappa shape index (κ2) is 10.3. The molecule has 3 rings (SSSR count). The molecule has 0 radical (unpaired) electrons. The van der Waals surface area contributed by atoms with Crippen molar-refractivity contribution >= 4 is 11.5 Å². The van der Waals surface area contributed by atoms with Crippen LogP contribution in [0.1, 0.15) is 31.2 Å². The topological polar surface area (TPSA) is 105 Å². The summed E-state index contributed by atoms with van der Waals surface area (Å²) in [5.74, 6) is 3.03. The van der Waals surface area contributed by atoms with Crippen LogP contribution >= 0.6 is 0 Å². The van der Waals surface area contributed by atoms with Crippen molar-refractivity contribution in [1.29, 1.82) is 5.26 Å². The van der Waals surface area contributed by atoms with Crippen molar-refractivity contribution < 1.29 is 9.53 Å². The number of aromatic nitrogens is 2. The fraction of sp³-hybridized carbons (Fsp3) is 0.333. The summed E-state index contributed by atoms with van der Waals surface area (Å²) in [6.07, 6.45) is 12.5. The van der Waals surface area contributed by atoms with Crippen molar-refractivity contribution in [3.63, 3.8) is 0 Å². The van der Waals surface area contributed by atoms with Crippen LogP contribution in [-0.4, -0.2) is 40.5 Å². The van der Waals surface area contributed by atoms with E-state index in [4.69, 9.17) is 16.9 Å². The highest BCUT2D eigenvalue weighted by molar-refractivity contribution is 5.92. The average Bonchev–Trinajstić information content (AvgIpc) is 2.81. The summed E-state index contributed by atoms with van der Waals surface area (Å²) in [6.45, 7) is 3.79. The number of piperidine rings is 1. The maximum Gasteiger partial charge on any atom is 0.298 e. The van der Waals surface area contributed by atoms with Gasteiger partial charge in [-0.05, 0) is 50.2 Å². The molecule has 1 aliphatic rings. The van der Waals surface area contributed by atoms with Gasteiger partial charge in [0.25, 0.3) is 5.91 Å². The van der Waals surface area contributed by atoms with Crippen LogP contribution in [0.5, 0.6) is 5.75 Å². The molecule has 0 bridgehead atoms. The Labute approximate surface area is 182 Å². The zero-order valence-corrected chi connectivity index (χ0v) is 17.5. The number of ether oxygens (including phenoxy) is 1. The Morgan fingerprint density at radius 1 is 1.35 bits per heavy atom. The van der Waals surface area contributed by atoms with Gasteiger partial charge in [-0.2, -0.15) is 5.26 Å². The first-order valence-corrected chi connectivity index (χ1v) is 10.3. The minimum absolute atomic E-state index is 0.233. The molecule has 0 unspecified atom stereocenters. The number of rotatable bonds is 6. The van der Waals surface area contributed by atoms with Crippen molar-refractivity contribution in [3.8, 4) is 35.3 Å². The largest absolute Gasteiger partial charge is 0.492 e. The number of amides is 1. The molecule has 0 atom stereocenters. The highest BCUT2D eigenvalue weighted by Gasteiger charge is 2.22. The van der Waals surface area contributed by atoms with Gasteiger partial charge in [0.1, 0.15) is 11.8 Å². The molecule has 1 aliphatic heterocycles. The Balaban J connectivity index is 1.77. The van der Waals surface area contributed by atoms with E-state index in [0.717, 1.165) is 36.1 Å². The fourth-order valence-corrected chi connectivity index (χ4v) is 3.73. The lowest BCUT2D eigenvalue weighted by Gasteiger charge is -2.30. The molecule has 7 heteroatoms. The number of nitrogens with zero attached hydrogens (tertiary/aromatic N) is 4. The zero-order chi connectivity index (χ0) is 22.2. The number of hydrogen-bond acceptors (Lipinski definition) is 6. The zero-order valence-electron chi connectivity index (χ0n) is 17.5. The standard InChI is InChI=1S/C24H25N5O2/c1-3-23(30)29-9-7-17(8-10-29)11-20-6-5-18(15-27-20)22-12-21(31-4-2)16-28-24(22)19(13-25)14-26/h1,5-6,12-13,15-17H,4,7-11,25H2,2H3. The van der Waals surface area contributed by atoms with Crippen LogP contribution in [0.4, 0.5) is 0 Å². The second-order valence-corrected chi connectivity index (χ2v) is 7.31. The quantitative estimate of drug-likeness (QED) is 0.575. The van der Waals surface area contributed by atoms with E-state index in [2.05, 4.69) is 22.0 Å². The fourth-order valence-electron chi connectivity index (χ4n) is 3.73. The van der Waals surface area contributed by atoms with Crippen LogP contribution in [-0.2, 0) is 11.2 Å². The first-order chi connectivity index (χ1) is 15.1. The molecule has 1 saturated heterocycles. The van der Waals surface area contributed by atoms with Gasteiger partial charge in [0.05, 0.1) is 24.1 Å². The Morgan fingerprint density at radius 2 is 2.13 bits per heavy atom. The summed E-state index contributed by atoms with van der Waals surface area (Å²) in [5, 5.41) is 9.40. The van der Waals surface area contributed by atoms with Gasteiger partial charge in [-0.25, -0.2) is 0 Å². The summed E-state index contributed by atoms with van der Waals surface area (Å²) in [7, 11) is 0. The van der Waals surface area contributed by atoms with Gasteiger partial charge in [0.2, 0.25) is 0 Å². The molecule has 1 amide bonds. The molecule has 2 N–H and O–H groups in total. The van der Waals surface area contributed by atoms with Crippen LogP contribution in [0, 0.1) is 29.6 Å². The normalized spacial score (nSPS) is 14.5. The number of carbonyl (C=O) groups is 1. The second-order valence-electron chi connectivity index (χ2n) is 7.31. The van der Waals surface area contributed by atoms with Crippen molar-refractivity contribution in [2.75, 3.05) is 19.7 Å². The van der Waals surface area contributed by atoms with Crippen molar-refractivity contribution in [1.82, 2.24) is 14.9 Å². The van der Waals surface area contributed by atoms with Crippen LogP contribution in [0.2, 0.25) is 0 Å². The molecule has 0 aliphatic carbocycles. The van der Waals surface area contributed by atoms with E-state index in [1.807, 2.05) is 25.1 Å². The molecule has 0 aromatic carbocycles. The Kier molecular flexibility index (Phi) is 7.24. The Morgan fingerprint density at radius 3 is 2.71 bits per heavy atom. The van der Waals surface area contributed by atoms with Crippen LogP contribution in [0.15, 0.2) is 36.8 Å². The van der Waals surface area contributed by atoms with Crippen molar-refractivity contribution in [2.24, 2.45) is 11.7 Å². The van der Waals surface area contributed by atoms with Crippen molar-refractivity contribution in [2.45, 2.75) is 26.2 Å². The molecule has 158 valence electrons. The molecule has 2 aromatic rings. The summed E-state index contributed by atoms with van der Waals surface area (Å²) in [5.41, 5.74) is 8.95. The van der Waals surface area contributed by atoms with E-state index in [9.17, 15) is 10.1 Å². The number of allylic oxidation sites excluding steroid dienone is 1. The van der Waals surface area contributed by atoms with E-state index in [1.54, 1.807) is 17.3 Å². The first kappa shape index (κ1) is 21.9. The summed E-state index contributed by atoms with van der Waals surface area (Å²) >= 11 is 0. The lowest BCUT2D eigenvalue weighted by molar-refractivity contribution is -0.126. The van der Waals surface area contributed by atoms with Crippen LogP contribution in [0.25, 0.3) is 16.7 Å². The summed E-state index contributed by atoms with van der Waals surface area (Å²) in [4.78, 5) is 22.4. The van der Waals surface area contributed by atoms with E-state index in [0.29, 0.717) is 37.1 Å². The predicted molar refractivity (Wildman–Crippen MR) is 118 cm³/mol. The molecule has 1 fully saturated rings. The van der Waals surface area contributed by atoms with Gasteiger partial charge < -0.3 is 15.4 Å². The van der Waals surface area contributed by atoms with E-state index >= 15 is 0 Å². The van der Waals surface area contributed by atoms with Gasteiger partial charge >= 0.3 is 0 Å². The van der Waals surface area contributed by atoms with Crippen LogP contribution in [0.3, 0.4) is 0 Å². The number of hydrogen-bond donors (Lipinski definition) is 1. The minimum atomic E-state index is -0.233. The number of nitrogens with two attached hydrogens (primary N) is 1. The monoisotopic (exact) mass is 415 g/mol. The van der Waals surface area contributed by atoms with Gasteiger partial charge in [0, 0.05) is 42.3 Å². The van der Waals surface area contributed by atoms with E-state index < -0.39 is 0 Å². The SMILES string of the molecule is C#CC(=O)N1CCC(Cc2ccc(-c3cc(OCC)cnc3C(C#N)=CN)cn2)CC1. The number of nitriles is 1. The highest BCUT2D eigenvalue weighted by atomic mass is 16.5. The predicted octanol–water partition coefficient (Wildman–Crippen LogP) is 2.78. The molecular weight excluding hydrogens is 390 g/mol. The van der Waals surface area contributed by atoms with Gasteiger partial charge in [-0.3, -0.25) is 14.8 Å². The molecule has 31 heavy (non-hydrogen) atoms. The third-order valence-electron chi connectivity index (χ3n) is 5.37. The van der Waals surface area contributed by atoms with Gasteiger partial charge in [-0.15, -0.1) is 6.42 Å². The lowest BCUT2D eigenvalue weighted by atomic mass is 9.91. The highest BCUT2D eigenvalue weighted by Crippen LogP contribution is 2.30. The molecule has 0 saturated carbocycles. The smallest absolute Gasteiger partial charge is 0.298 e. The molecule has 7 nitrogen and oxygen atoms in total. The molecule has 0 spiro atoms. The number of carbonyl (C=O) groups excluding carboxylic acids is 1. The minimum Gasteiger partial charge on any atom is -0.492 e. The maximum absolute atomic E-state index is 11.6. The lowest BCUT2D eigenvalue weighted by Crippen LogP contribution is -2.38. The Bertz CT molecular complexity index is 1040. The third kappa shape index (κ3) is 5.21. The molecular formula is C24H25N5O2. The first-order valence-electron chi connectivity index (χ1n) is 10.3.